The number of hydrogen-bond donors (Lipinski definition) is 1. The van der Waals surface area contributed by atoms with Crippen molar-refractivity contribution in [2.45, 2.75) is 0 Å². The Balaban J connectivity index is 1.84. The molecule has 6 heteroatoms. The molecule has 0 aliphatic carbocycles. The lowest BCUT2D eigenvalue weighted by Crippen LogP contribution is -1.87. The van der Waals surface area contributed by atoms with Crippen molar-refractivity contribution in [1.82, 2.24) is 15.0 Å². The van der Waals surface area contributed by atoms with Crippen molar-refractivity contribution in [2.75, 3.05) is 0 Å². The molecule has 1 N–H and O–H groups in total. The fourth-order valence-corrected chi connectivity index (χ4v) is 2.42. The Morgan fingerprint density at radius 1 is 0.909 bits per heavy atom. The summed E-state index contributed by atoms with van der Waals surface area (Å²) in [7, 11) is 0. The Labute approximate surface area is 124 Å². The number of H-pyrrole nitrogens is 1. The number of rotatable bonds is 2. The van der Waals surface area contributed by atoms with Crippen molar-refractivity contribution in [1.29, 1.82) is 0 Å². The number of benzene rings is 2. The fourth-order valence-electron chi connectivity index (χ4n) is 2.42. The minimum Gasteiger partial charge on any atom is -0.338 e. The lowest BCUT2D eigenvalue weighted by atomic mass is 10.1. The smallest absolute Gasteiger partial charge is 0.269 e. The molecule has 0 aliphatic rings. The molecular formula is C16H10N4O2. The van der Waals surface area contributed by atoms with Gasteiger partial charge in [0.2, 0.25) is 0 Å². The van der Waals surface area contributed by atoms with Gasteiger partial charge in [-0.2, -0.15) is 0 Å². The van der Waals surface area contributed by atoms with Gasteiger partial charge in [-0.3, -0.25) is 10.1 Å². The number of nitro groups is 1. The standard InChI is InChI=1S/C16H10N4O2/c21-20(22)11-7-5-10(6-8-11)14-9-15-16(19-14)18-13-4-2-1-3-12(13)17-15/h1-9H,(H,18,19). The highest BCUT2D eigenvalue weighted by atomic mass is 16.6. The number of non-ortho nitro benzene ring substituents is 1. The third kappa shape index (κ3) is 1.98. The molecule has 0 spiro atoms. The molecule has 0 fully saturated rings. The van der Waals surface area contributed by atoms with Crippen molar-refractivity contribution in [3.05, 3.63) is 64.7 Å². The quantitative estimate of drug-likeness (QED) is 0.450. The van der Waals surface area contributed by atoms with Gasteiger partial charge in [-0.05, 0) is 35.9 Å². The second-order valence-electron chi connectivity index (χ2n) is 4.93. The average Bonchev–Trinajstić information content (AvgIpc) is 2.95. The second kappa shape index (κ2) is 4.63. The molecule has 0 bridgehead atoms. The van der Waals surface area contributed by atoms with Crippen molar-refractivity contribution in [3.8, 4) is 11.3 Å². The number of nitrogens with one attached hydrogen (secondary N) is 1. The molecule has 2 aromatic carbocycles. The molecule has 0 radical (unpaired) electrons. The highest BCUT2D eigenvalue weighted by Gasteiger charge is 2.09. The molecule has 4 aromatic rings. The Bertz CT molecular complexity index is 953. The first-order valence-corrected chi connectivity index (χ1v) is 6.71. The Hall–Kier alpha value is -3.28. The largest absolute Gasteiger partial charge is 0.338 e. The van der Waals surface area contributed by atoms with Gasteiger partial charge < -0.3 is 4.98 Å². The van der Waals surface area contributed by atoms with Gasteiger partial charge in [0.25, 0.3) is 5.69 Å². The van der Waals surface area contributed by atoms with E-state index in [1.54, 1.807) is 12.1 Å². The molecule has 0 amide bonds. The van der Waals surface area contributed by atoms with E-state index in [4.69, 9.17) is 0 Å². The summed E-state index contributed by atoms with van der Waals surface area (Å²) in [5, 5.41) is 10.7. The van der Waals surface area contributed by atoms with Crippen LogP contribution in [0.5, 0.6) is 0 Å². The summed E-state index contributed by atoms with van der Waals surface area (Å²) in [5.41, 5.74) is 4.90. The molecule has 6 nitrogen and oxygen atoms in total. The Kier molecular flexibility index (Phi) is 2.62. The number of nitrogens with zero attached hydrogens (tertiary/aromatic N) is 3. The topological polar surface area (TPSA) is 84.7 Å². The van der Waals surface area contributed by atoms with E-state index in [1.165, 1.54) is 12.1 Å². The van der Waals surface area contributed by atoms with Crippen LogP contribution in [0.15, 0.2) is 54.6 Å². The number of fused-ring (bicyclic) bond motifs is 2. The van der Waals surface area contributed by atoms with E-state index >= 15 is 0 Å². The van der Waals surface area contributed by atoms with Crippen LogP contribution in [0.25, 0.3) is 33.5 Å². The maximum atomic E-state index is 10.7. The van der Waals surface area contributed by atoms with Crippen molar-refractivity contribution in [3.63, 3.8) is 0 Å². The first kappa shape index (κ1) is 12.5. The van der Waals surface area contributed by atoms with Crippen LogP contribution in [-0.4, -0.2) is 19.9 Å². The number of aromatic amines is 1. The zero-order valence-corrected chi connectivity index (χ0v) is 11.4. The number of hydrogen-bond acceptors (Lipinski definition) is 4. The summed E-state index contributed by atoms with van der Waals surface area (Å²) >= 11 is 0. The molecule has 0 saturated heterocycles. The first-order chi connectivity index (χ1) is 10.7. The van der Waals surface area contributed by atoms with Crippen LogP contribution < -0.4 is 0 Å². The van der Waals surface area contributed by atoms with Crippen LogP contribution in [0.3, 0.4) is 0 Å². The number of nitro benzene ring substituents is 1. The van der Waals surface area contributed by atoms with Crippen LogP contribution in [0, 0.1) is 10.1 Å². The summed E-state index contributed by atoms with van der Waals surface area (Å²) in [6, 6.07) is 16.0. The SMILES string of the molecule is O=[N+]([O-])c1ccc(-c2cc3nc4ccccc4nc3[nH]2)cc1. The maximum Gasteiger partial charge on any atom is 0.269 e. The minimum absolute atomic E-state index is 0.0712. The Morgan fingerprint density at radius 2 is 1.59 bits per heavy atom. The van der Waals surface area contributed by atoms with Crippen LogP contribution >= 0.6 is 0 Å². The van der Waals surface area contributed by atoms with Crippen molar-refractivity contribution in [2.24, 2.45) is 0 Å². The van der Waals surface area contributed by atoms with Crippen LogP contribution in [0.2, 0.25) is 0 Å². The summed E-state index contributed by atoms with van der Waals surface area (Å²) < 4.78 is 0. The predicted molar refractivity (Wildman–Crippen MR) is 83.5 cm³/mol. The third-order valence-electron chi connectivity index (χ3n) is 3.52. The molecular weight excluding hydrogens is 280 g/mol. The van der Waals surface area contributed by atoms with Crippen molar-refractivity contribution < 1.29 is 4.92 Å². The maximum absolute atomic E-state index is 10.7. The monoisotopic (exact) mass is 290 g/mol. The molecule has 4 rings (SSSR count). The van der Waals surface area contributed by atoms with E-state index in [-0.39, 0.29) is 5.69 Å². The van der Waals surface area contributed by atoms with Gasteiger partial charge in [-0.15, -0.1) is 0 Å². The van der Waals surface area contributed by atoms with E-state index < -0.39 is 4.92 Å². The number of aromatic nitrogens is 3. The minimum atomic E-state index is -0.412. The lowest BCUT2D eigenvalue weighted by molar-refractivity contribution is -0.384. The van der Waals surface area contributed by atoms with E-state index in [2.05, 4.69) is 15.0 Å². The molecule has 2 heterocycles. The highest BCUT2D eigenvalue weighted by molar-refractivity contribution is 5.87. The lowest BCUT2D eigenvalue weighted by Gasteiger charge is -1.96. The van der Waals surface area contributed by atoms with E-state index in [0.717, 1.165) is 27.8 Å². The molecule has 0 saturated carbocycles. The molecule has 106 valence electrons. The summed E-state index contributed by atoms with van der Waals surface area (Å²) in [4.78, 5) is 22.6. The zero-order valence-electron chi connectivity index (χ0n) is 11.4. The first-order valence-electron chi connectivity index (χ1n) is 6.71. The van der Waals surface area contributed by atoms with Gasteiger partial charge in [0.15, 0.2) is 5.65 Å². The van der Waals surface area contributed by atoms with E-state index in [9.17, 15) is 10.1 Å². The second-order valence-corrected chi connectivity index (χ2v) is 4.93. The predicted octanol–water partition coefficient (Wildman–Crippen LogP) is 3.69. The van der Waals surface area contributed by atoms with Crippen LogP contribution in [-0.2, 0) is 0 Å². The number of para-hydroxylation sites is 2. The van der Waals surface area contributed by atoms with Crippen LogP contribution in [0.1, 0.15) is 0 Å². The van der Waals surface area contributed by atoms with Crippen molar-refractivity contribution >= 4 is 27.9 Å². The average molecular weight is 290 g/mol. The fraction of sp³-hybridized carbons (Fsp3) is 0. The van der Waals surface area contributed by atoms with Gasteiger partial charge in [0.1, 0.15) is 5.52 Å². The molecule has 0 atom stereocenters. The molecule has 2 aromatic heterocycles. The third-order valence-corrected chi connectivity index (χ3v) is 3.52. The van der Waals surface area contributed by atoms with Gasteiger partial charge in [0.05, 0.1) is 16.0 Å². The Morgan fingerprint density at radius 3 is 2.27 bits per heavy atom. The summed E-state index contributed by atoms with van der Waals surface area (Å²) in [5.74, 6) is 0. The normalized spacial score (nSPS) is 11.1. The summed E-state index contributed by atoms with van der Waals surface area (Å²) in [6.45, 7) is 0. The zero-order chi connectivity index (χ0) is 15.1. The van der Waals surface area contributed by atoms with Gasteiger partial charge in [-0.25, -0.2) is 9.97 Å². The van der Waals surface area contributed by atoms with Gasteiger partial charge >= 0.3 is 0 Å². The van der Waals surface area contributed by atoms with Crippen LogP contribution in [0.4, 0.5) is 5.69 Å². The van der Waals surface area contributed by atoms with E-state index in [0.29, 0.717) is 5.65 Å². The van der Waals surface area contributed by atoms with E-state index in [1.807, 2.05) is 30.3 Å². The molecule has 0 unspecified atom stereocenters. The molecule has 22 heavy (non-hydrogen) atoms. The van der Waals surface area contributed by atoms with Gasteiger partial charge in [0, 0.05) is 17.8 Å². The molecule has 0 aliphatic heterocycles. The summed E-state index contributed by atoms with van der Waals surface area (Å²) in [6.07, 6.45) is 0. The van der Waals surface area contributed by atoms with Gasteiger partial charge in [-0.1, -0.05) is 12.1 Å². The highest BCUT2D eigenvalue weighted by Crippen LogP contribution is 2.25.